The van der Waals surface area contributed by atoms with Gasteiger partial charge in [0.1, 0.15) is 11.5 Å². The quantitative estimate of drug-likeness (QED) is 0.881. The van der Waals surface area contributed by atoms with E-state index in [1.165, 1.54) is 12.8 Å². The number of pyridine rings is 1. The van der Waals surface area contributed by atoms with Crippen molar-refractivity contribution in [2.45, 2.75) is 26.7 Å². The molecule has 0 bridgehead atoms. The lowest BCUT2D eigenvalue weighted by atomic mass is 9.92. The van der Waals surface area contributed by atoms with Gasteiger partial charge in [-0.25, -0.2) is 4.98 Å². The van der Waals surface area contributed by atoms with Gasteiger partial charge in [0.2, 0.25) is 0 Å². The standard InChI is InChI=1S/C13H19N3O.ClH/c1-9(2)13(6-7-13)8-15-12(17)10-4-3-5-11(14)16-10;/h3-5,9H,6-8H2,1-2H3,(H2,14,16)(H,15,17);1H. The number of anilines is 1. The third-order valence-electron chi connectivity index (χ3n) is 3.72. The smallest absolute Gasteiger partial charge is 0.269 e. The first-order valence-electron chi connectivity index (χ1n) is 6.04. The lowest BCUT2D eigenvalue weighted by Gasteiger charge is -2.19. The van der Waals surface area contributed by atoms with E-state index in [0.717, 1.165) is 6.54 Å². The van der Waals surface area contributed by atoms with Crippen LogP contribution in [0.15, 0.2) is 18.2 Å². The van der Waals surface area contributed by atoms with Gasteiger partial charge < -0.3 is 11.1 Å². The third kappa shape index (κ3) is 3.13. The van der Waals surface area contributed by atoms with Crippen LogP contribution in [0.1, 0.15) is 37.2 Å². The number of aromatic nitrogens is 1. The molecule has 0 saturated heterocycles. The highest BCUT2D eigenvalue weighted by molar-refractivity contribution is 5.92. The minimum atomic E-state index is -0.135. The predicted octanol–water partition coefficient (Wildman–Crippen LogP) is 2.25. The molecule has 2 rings (SSSR count). The topological polar surface area (TPSA) is 68.0 Å². The SMILES string of the molecule is CC(C)C1(CNC(=O)c2cccc(N)n2)CC1.Cl. The van der Waals surface area contributed by atoms with Gasteiger partial charge in [0, 0.05) is 6.54 Å². The molecule has 1 saturated carbocycles. The van der Waals surface area contributed by atoms with Crippen LogP contribution >= 0.6 is 12.4 Å². The van der Waals surface area contributed by atoms with Gasteiger partial charge in [-0.3, -0.25) is 4.79 Å². The summed E-state index contributed by atoms with van der Waals surface area (Å²) in [5, 5.41) is 2.95. The van der Waals surface area contributed by atoms with Crippen molar-refractivity contribution in [1.29, 1.82) is 0 Å². The van der Waals surface area contributed by atoms with Gasteiger partial charge >= 0.3 is 0 Å². The Morgan fingerprint density at radius 2 is 2.17 bits per heavy atom. The molecule has 3 N–H and O–H groups in total. The number of hydrogen-bond donors (Lipinski definition) is 2. The molecular weight excluding hydrogens is 250 g/mol. The number of nitrogens with two attached hydrogens (primary N) is 1. The maximum Gasteiger partial charge on any atom is 0.269 e. The Bertz CT molecular complexity index is 430. The summed E-state index contributed by atoms with van der Waals surface area (Å²) in [6, 6.07) is 5.10. The number of halogens is 1. The number of rotatable bonds is 4. The summed E-state index contributed by atoms with van der Waals surface area (Å²) >= 11 is 0. The van der Waals surface area contributed by atoms with Crippen molar-refractivity contribution in [2.24, 2.45) is 11.3 Å². The highest BCUT2D eigenvalue weighted by Gasteiger charge is 2.45. The summed E-state index contributed by atoms with van der Waals surface area (Å²) < 4.78 is 0. The van der Waals surface area contributed by atoms with E-state index in [9.17, 15) is 4.79 Å². The molecular formula is C13H20ClN3O. The second-order valence-corrected chi connectivity index (χ2v) is 5.15. The van der Waals surface area contributed by atoms with E-state index in [2.05, 4.69) is 24.1 Å². The van der Waals surface area contributed by atoms with Crippen LogP contribution < -0.4 is 11.1 Å². The van der Waals surface area contributed by atoms with E-state index in [4.69, 9.17) is 5.73 Å². The van der Waals surface area contributed by atoms with Crippen LogP contribution in [0.2, 0.25) is 0 Å². The zero-order valence-corrected chi connectivity index (χ0v) is 11.6. The van der Waals surface area contributed by atoms with Crippen LogP contribution in [0.4, 0.5) is 5.82 Å². The first kappa shape index (κ1) is 14.8. The monoisotopic (exact) mass is 269 g/mol. The largest absolute Gasteiger partial charge is 0.384 e. The van der Waals surface area contributed by atoms with Crippen LogP contribution in [-0.2, 0) is 0 Å². The number of nitrogen functional groups attached to an aromatic ring is 1. The molecule has 4 nitrogen and oxygen atoms in total. The van der Waals surface area contributed by atoms with Gasteiger partial charge in [-0.2, -0.15) is 0 Å². The number of carbonyl (C=O) groups excluding carboxylic acids is 1. The molecule has 1 aliphatic rings. The summed E-state index contributed by atoms with van der Waals surface area (Å²) in [5.74, 6) is 0.850. The van der Waals surface area contributed by atoms with Crippen molar-refractivity contribution in [3.8, 4) is 0 Å². The van der Waals surface area contributed by atoms with Gasteiger partial charge in [0.25, 0.3) is 5.91 Å². The van der Waals surface area contributed by atoms with Gasteiger partial charge in [-0.1, -0.05) is 19.9 Å². The second kappa shape index (κ2) is 5.57. The van der Waals surface area contributed by atoms with E-state index < -0.39 is 0 Å². The molecule has 1 aliphatic carbocycles. The lowest BCUT2D eigenvalue weighted by Crippen LogP contribution is -2.33. The van der Waals surface area contributed by atoms with Crippen LogP contribution in [0, 0.1) is 11.3 Å². The third-order valence-corrected chi connectivity index (χ3v) is 3.72. The fourth-order valence-corrected chi connectivity index (χ4v) is 2.04. The van der Waals surface area contributed by atoms with Gasteiger partial charge in [-0.05, 0) is 36.3 Å². The average molecular weight is 270 g/mol. The van der Waals surface area contributed by atoms with E-state index in [1.807, 2.05) is 0 Å². The first-order chi connectivity index (χ1) is 8.03. The summed E-state index contributed by atoms with van der Waals surface area (Å²) in [4.78, 5) is 15.9. The van der Waals surface area contributed by atoms with Gasteiger partial charge in [0.15, 0.2) is 0 Å². The Kier molecular flexibility index (Phi) is 4.57. The molecule has 0 spiro atoms. The van der Waals surface area contributed by atoms with E-state index >= 15 is 0 Å². The Morgan fingerprint density at radius 1 is 1.50 bits per heavy atom. The number of hydrogen-bond acceptors (Lipinski definition) is 3. The lowest BCUT2D eigenvalue weighted by molar-refractivity contribution is 0.0935. The maximum absolute atomic E-state index is 11.9. The number of amides is 1. The van der Waals surface area contributed by atoms with E-state index in [1.54, 1.807) is 18.2 Å². The Morgan fingerprint density at radius 3 is 2.67 bits per heavy atom. The molecule has 1 heterocycles. The molecule has 1 aromatic rings. The number of nitrogens with one attached hydrogen (secondary N) is 1. The molecule has 0 atom stereocenters. The summed E-state index contributed by atoms with van der Waals surface area (Å²) in [5.41, 5.74) is 6.26. The zero-order chi connectivity index (χ0) is 12.5. The number of carbonyl (C=O) groups is 1. The summed E-state index contributed by atoms with van der Waals surface area (Å²) in [6.45, 7) is 5.15. The molecule has 1 amide bonds. The summed E-state index contributed by atoms with van der Waals surface area (Å²) in [7, 11) is 0. The maximum atomic E-state index is 11.9. The van der Waals surface area contributed by atoms with Crippen LogP contribution in [-0.4, -0.2) is 17.4 Å². The molecule has 100 valence electrons. The van der Waals surface area contributed by atoms with Crippen molar-refractivity contribution in [3.63, 3.8) is 0 Å². The summed E-state index contributed by atoms with van der Waals surface area (Å²) in [6.07, 6.45) is 2.41. The minimum absolute atomic E-state index is 0. The average Bonchev–Trinajstić information content (AvgIpc) is 3.07. The second-order valence-electron chi connectivity index (χ2n) is 5.15. The fourth-order valence-electron chi connectivity index (χ4n) is 2.04. The van der Waals surface area contributed by atoms with Crippen molar-refractivity contribution in [1.82, 2.24) is 10.3 Å². The van der Waals surface area contributed by atoms with Crippen LogP contribution in [0.3, 0.4) is 0 Å². The molecule has 0 aromatic carbocycles. The highest BCUT2D eigenvalue weighted by Crippen LogP contribution is 2.51. The molecule has 0 aliphatic heterocycles. The molecule has 0 radical (unpaired) electrons. The molecule has 1 fully saturated rings. The Labute approximate surface area is 114 Å². The van der Waals surface area contributed by atoms with Crippen molar-refractivity contribution in [2.75, 3.05) is 12.3 Å². The van der Waals surface area contributed by atoms with Crippen molar-refractivity contribution >= 4 is 24.1 Å². The fraction of sp³-hybridized carbons (Fsp3) is 0.538. The first-order valence-corrected chi connectivity index (χ1v) is 6.04. The number of nitrogens with zero attached hydrogens (tertiary/aromatic N) is 1. The Hall–Kier alpha value is -1.29. The van der Waals surface area contributed by atoms with Crippen LogP contribution in [0.25, 0.3) is 0 Å². The van der Waals surface area contributed by atoms with Crippen molar-refractivity contribution in [3.05, 3.63) is 23.9 Å². The zero-order valence-electron chi connectivity index (χ0n) is 10.8. The predicted molar refractivity (Wildman–Crippen MR) is 74.7 cm³/mol. The van der Waals surface area contributed by atoms with Gasteiger partial charge in [-0.15, -0.1) is 12.4 Å². The Balaban J connectivity index is 0.00000162. The minimum Gasteiger partial charge on any atom is -0.384 e. The van der Waals surface area contributed by atoms with Crippen molar-refractivity contribution < 1.29 is 4.79 Å². The van der Waals surface area contributed by atoms with Crippen LogP contribution in [0.5, 0.6) is 0 Å². The molecule has 0 unspecified atom stereocenters. The molecule has 18 heavy (non-hydrogen) atoms. The van der Waals surface area contributed by atoms with E-state index in [0.29, 0.717) is 22.8 Å². The highest BCUT2D eigenvalue weighted by atomic mass is 35.5. The van der Waals surface area contributed by atoms with Gasteiger partial charge in [0.05, 0.1) is 0 Å². The van der Waals surface area contributed by atoms with E-state index in [-0.39, 0.29) is 18.3 Å². The molecule has 5 heteroatoms. The molecule has 1 aromatic heterocycles. The normalized spacial score (nSPS) is 15.9.